The first-order valence-corrected chi connectivity index (χ1v) is 8.07. The van der Waals surface area contributed by atoms with Gasteiger partial charge in [0, 0.05) is 25.4 Å². The lowest BCUT2D eigenvalue weighted by molar-refractivity contribution is -0.109. The molecular formula is C19H21N3O3. The van der Waals surface area contributed by atoms with Crippen LogP contribution in [0.1, 0.15) is 15.9 Å². The number of hydrogen-bond acceptors (Lipinski definition) is 3. The van der Waals surface area contributed by atoms with Gasteiger partial charge in [-0.25, -0.2) is 4.79 Å². The Bertz CT molecular complexity index is 770. The van der Waals surface area contributed by atoms with Crippen molar-refractivity contribution in [2.75, 3.05) is 32.6 Å². The standard InChI is InChI=1S/C19H21N3O3/c1-20-17(23)14-7-6-10-16(11-14)21-18(24)22-12-19(13-22,25-2)15-8-4-3-5-9-15/h3-11H,12-13H2,1-2H3,(H,20,23)(H,21,24). The van der Waals surface area contributed by atoms with Crippen LogP contribution in [0.15, 0.2) is 54.6 Å². The molecule has 0 aromatic heterocycles. The van der Waals surface area contributed by atoms with Gasteiger partial charge in [-0.05, 0) is 23.8 Å². The lowest BCUT2D eigenvalue weighted by atomic mass is 9.86. The van der Waals surface area contributed by atoms with Gasteiger partial charge >= 0.3 is 6.03 Å². The number of nitrogens with one attached hydrogen (secondary N) is 2. The van der Waals surface area contributed by atoms with Crippen molar-refractivity contribution >= 4 is 17.6 Å². The summed E-state index contributed by atoms with van der Waals surface area (Å²) in [6.45, 7) is 0.961. The van der Waals surface area contributed by atoms with E-state index in [-0.39, 0.29) is 11.9 Å². The second-order valence-corrected chi connectivity index (χ2v) is 6.01. The molecule has 130 valence electrons. The summed E-state index contributed by atoms with van der Waals surface area (Å²) >= 11 is 0. The van der Waals surface area contributed by atoms with E-state index < -0.39 is 5.60 Å². The van der Waals surface area contributed by atoms with Crippen LogP contribution >= 0.6 is 0 Å². The van der Waals surface area contributed by atoms with Gasteiger partial charge in [-0.15, -0.1) is 0 Å². The summed E-state index contributed by atoms with van der Waals surface area (Å²) in [5.74, 6) is -0.192. The van der Waals surface area contributed by atoms with Crippen LogP contribution in [-0.2, 0) is 10.3 Å². The topological polar surface area (TPSA) is 70.7 Å². The van der Waals surface area contributed by atoms with Crippen LogP contribution in [0.25, 0.3) is 0 Å². The van der Waals surface area contributed by atoms with Crippen molar-refractivity contribution in [3.8, 4) is 0 Å². The summed E-state index contributed by atoms with van der Waals surface area (Å²) in [4.78, 5) is 25.8. The number of anilines is 1. The quantitative estimate of drug-likeness (QED) is 0.899. The molecule has 1 fully saturated rings. The Hall–Kier alpha value is -2.86. The van der Waals surface area contributed by atoms with Crippen LogP contribution in [0.3, 0.4) is 0 Å². The molecule has 2 aromatic rings. The third-order valence-electron chi connectivity index (χ3n) is 4.47. The summed E-state index contributed by atoms with van der Waals surface area (Å²) in [6.07, 6.45) is 0. The first-order chi connectivity index (χ1) is 12.1. The van der Waals surface area contributed by atoms with Crippen LogP contribution in [0, 0.1) is 0 Å². The first-order valence-electron chi connectivity index (χ1n) is 8.07. The van der Waals surface area contributed by atoms with Crippen molar-refractivity contribution in [2.24, 2.45) is 0 Å². The fourth-order valence-corrected chi connectivity index (χ4v) is 2.97. The van der Waals surface area contributed by atoms with Gasteiger partial charge < -0.3 is 20.3 Å². The van der Waals surface area contributed by atoms with E-state index in [9.17, 15) is 9.59 Å². The number of rotatable bonds is 4. The number of methoxy groups -OCH3 is 1. The number of likely N-dealkylation sites (tertiary alicyclic amines) is 1. The van der Waals surface area contributed by atoms with Crippen LogP contribution in [0.5, 0.6) is 0 Å². The van der Waals surface area contributed by atoms with E-state index in [1.165, 1.54) is 0 Å². The smallest absolute Gasteiger partial charge is 0.322 e. The molecule has 1 aliphatic heterocycles. The predicted molar refractivity (Wildman–Crippen MR) is 95.6 cm³/mol. The number of benzene rings is 2. The molecule has 1 heterocycles. The normalized spacial score (nSPS) is 15.2. The number of ether oxygens (including phenoxy) is 1. The number of nitrogens with zero attached hydrogens (tertiary/aromatic N) is 1. The molecule has 6 nitrogen and oxygen atoms in total. The zero-order chi connectivity index (χ0) is 17.9. The molecule has 3 amide bonds. The third kappa shape index (κ3) is 3.34. The fraction of sp³-hybridized carbons (Fsp3) is 0.263. The average molecular weight is 339 g/mol. The highest BCUT2D eigenvalue weighted by atomic mass is 16.5. The fourth-order valence-electron chi connectivity index (χ4n) is 2.97. The molecule has 0 aliphatic carbocycles. The van der Waals surface area contributed by atoms with Crippen molar-refractivity contribution in [1.82, 2.24) is 10.2 Å². The van der Waals surface area contributed by atoms with Gasteiger partial charge in [0.2, 0.25) is 0 Å². The van der Waals surface area contributed by atoms with E-state index in [0.29, 0.717) is 24.3 Å². The number of amides is 3. The molecule has 25 heavy (non-hydrogen) atoms. The summed E-state index contributed by atoms with van der Waals surface area (Å²) in [6, 6.07) is 16.5. The van der Waals surface area contributed by atoms with Crippen LogP contribution in [0.2, 0.25) is 0 Å². The second-order valence-electron chi connectivity index (χ2n) is 6.01. The molecule has 0 bridgehead atoms. The zero-order valence-corrected chi connectivity index (χ0v) is 14.3. The highest BCUT2D eigenvalue weighted by molar-refractivity contribution is 5.96. The third-order valence-corrected chi connectivity index (χ3v) is 4.47. The maximum atomic E-state index is 12.4. The van der Waals surface area contributed by atoms with Crippen LogP contribution in [-0.4, -0.2) is 44.1 Å². The molecule has 0 unspecified atom stereocenters. The minimum Gasteiger partial charge on any atom is -0.370 e. The van der Waals surface area contributed by atoms with Crippen molar-refractivity contribution < 1.29 is 14.3 Å². The molecule has 6 heteroatoms. The largest absolute Gasteiger partial charge is 0.370 e. The molecule has 0 atom stereocenters. The van der Waals surface area contributed by atoms with Gasteiger partial charge in [-0.3, -0.25) is 4.79 Å². The van der Waals surface area contributed by atoms with E-state index in [0.717, 1.165) is 5.56 Å². The molecular weight excluding hydrogens is 318 g/mol. The summed E-state index contributed by atoms with van der Waals surface area (Å²) in [5.41, 5.74) is 1.69. The Morgan fingerprint density at radius 2 is 1.80 bits per heavy atom. The highest BCUT2D eigenvalue weighted by Crippen LogP contribution is 2.35. The number of carbonyl (C=O) groups excluding carboxylic acids is 2. The van der Waals surface area contributed by atoms with E-state index in [1.807, 2.05) is 30.3 Å². The molecule has 0 spiro atoms. The monoisotopic (exact) mass is 339 g/mol. The number of hydrogen-bond donors (Lipinski definition) is 2. The second kappa shape index (κ2) is 6.94. The minimum atomic E-state index is -0.456. The van der Waals surface area contributed by atoms with E-state index in [1.54, 1.807) is 43.3 Å². The Labute approximate surface area is 146 Å². The maximum absolute atomic E-state index is 12.4. The van der Waals surface area contributed by atoms with Crippen molar-refractivity contribution in [2.45, 2.75) is 5.60 Å². The van der Waals surface area contributed by atoms with Gasteiger partial charge in [-0.2, -0.15) is 0 Å². The molecule has 2 N–H and O–H groups in total. The van der Waals surface area contributed by atoms with E-state index in [4.69, 9.17) is 4.74 Å². The Morgan fingerprint density at radius 1 is 1.08 bits per heavy atom. The van der Waals surface area contributed by atoms with Gasteiger partial charge in [0.05, 0.1) is 13.1 Å². The van der Waals surface area contributed by atoms with Crippen LogP contribution in [0.4, 0.5) is 10.5 Å². The molecule has 2 aromatic carbocycles. The lowest BCUT2D eigenvalue weighted by Gasteiger charge is -2.49. The van der Waals surface area contributed by atoms with E-state index >= 15 is 0 Å². The highest BCUT2D eigenvalue weighted by Gasteiger charge is 2.47. The van der Waals surface area contributed by atoms with Crippen molar-refractivity contribution in [3.63, 3.8) is 0 Å². The average Bonchev–Trinajstić information content (AvgIpc) is 2.62. The van der Waals surface area contributed by atoms with Gasteiger partial charge in [0.25, 0.3) is 5.91 Å². The SMILES string of the molecule is CNC(=O)c1cccc(NC(=O)N2CC(OC)(c3ccccc3)C2)c1. The Kier molecular flexibility index (Phi) is 4.72. The lowest BCUT2D eigenvalue weighted by Crippen LogP contribution is -2.63. The molecule has 1 aliphatic rings. The molecule has 1 saturated heterocycles. The predicted octanol–water partition coefficient (Wildman–Crippen LogP) is 2.44. The van der Waals surface area contributed by atoms with Gasteiger partial charge in [0.15, 0.2) is 0 Å². The summed E-state index contributed by atoms with van der Waals surface area (Å²) in [7, 11) is 3.23. The van der Waals surface area contributed by atoms with Crippen molar-refractivity contribution in [1.29, 1.82) is 0 Å². The summed E-state index contributed by atoms with van der Waals surface area (Å²) in [5, 5.41) is 5.39. The number of carbonyl (C=O) groups is 2. The van der Waals surface area contributed by atoms with Gasteiger partial charge in [-0.1, -0.05) is 36.4 Å². The maximum Gasteiger partial charge on any atom is 0.322 e. The minimum absolute atomic E-state index is 0.192. The number of urea groups is 1. The van der Waals surface area contributed by atoms with E-state index in [2.05, 4.69) is 10.6 Å². The van der Waals surface area contributed by atoms with Gasteiger partial charge in [0.1, 0.15) is 5.60 Å². The molecule has 3 rings (SSSR count). The Morgan fingerprint density at radius 3 is 2.44 bits per heavy atom. The molecule has 0 radical (unpaired) electrons. The Balaban J connectivity index is 1.65. The molecule has 0 saturated carbocycles. The van der Waals surface area contributed by atoms with Crippen LogP contribution < -0.4 is 10.6 Å². The first kappa shape index (κ1) is 17.0. The zero-order valence-electron chi connectivity index (χ0n) is 14.3. The summed E-state index contributed by atoms with van der Waals surface area (Å²) < 4.78 is 5.68. The van der Waals surface area contributed by atoms with Crippen molar-refractivity contribution in [3.05, 3.63) is 65.7 Å².